The summed E-state index contributed by atoms with van der Waals surface area (Å²) in [7, 11) is 0. The van der Waals surface area contributed by atoms with Crippen molar-refractivity contribution in [2.24, 2.45) is 0 Å². The molecule has 0 fully saturated rings. The number of nitrogens with zero attached hydrogens (tertiary/aromatic N) is 3. The van der Waals surface area contributed by atoms with E-state index in [9.17, 15) is 14.9 Å². The van der Waals surface area contributed by atoms with Crippen molar-refractivity contribution < 1.29 is 14.6 Å². The van der Waals surface area contributed by atoms with Gasteiger partial charge in [-0.25, -0.2) is 9.78 Å². The SMILES string of the molecule is CCc1c(-c2ccc([N+](=O)[O-])cc2)nc(SCc2ccccc2)n1OC(C)=O. The molecular weight excluding hydrogens is 378 g/mol. The summed E-state index contributed by atoms with van der Waals surface area (Å²) >= 11 is 1.46. The van der Waals surface area contributed by atoms with E-state index in [4.69, 9.17) is 4.84 Å². The number of hydrogen-bond acceptors (Lipinski definition) is 6. The lowest BCUT2D eigenvalue weighted by molar-refractivity contribution is -0.384. The van der Waals surface area contributed by atoms with Crippen molar-refractivity contribution in [1.29, 1.82) is 0 Å². The third-order valence-corrected chi connectivity index (χ3v) is 5.01. The maximum atomic E-state index is 11.6. The van der Waals surface area contributed by atoms with Crippen molar-refractivity contribution in [2.45, 2.75) is 31.2 Å². The Balaban J connectivity index is 1.98. The predicted octanol–water partition coefficient (Wildman–Crippen LogP) is 4.29. The van der Waals surface area contributed by atoms with E-state index in [1.165, 1.54) is 35.5 Å². The minimum absolute atomic E-state index is 0.0138. The number of carbonyl (C=O) groups is 1. The molecule has 3 rings (SSSR count). The molecule has 0 aliphatic carbocycles. The number of non-ortho nitro benzene ring substituents is 1. The zero-order valence-electron chi connectivity index (χ0n) is 15.5. The molecule has 3 aromatic rings. The molecule has 0 radical (unpaired) electrons. The molecule has 7 nitrogen and oxygen atoms in total. The number of imidazole rings is 1. The monoisotopic (exact) mass is 397 g/mol. The van der Waals surface area contributed by atoms with Crippen LogP contribution in [0.25, 0.3) is 11.3 Å². The average Bonchev–Trinajstić information content (AvgIpc) is 3.04. The number of rotatable bonds is 7. The highest BCUT2D eigenvalue weighted by molar-refractivity contribution is 7.98. The van der Waals surface area contributed by atoms with E-state index in [0.717, 1.165) is 16.8 Å². The van der Waals surface area contributed by atoms with Gasteiger partial charge in [-0.15, -0.1) is 0 Å². The number of thioether (sulfide) groups is 1. The lowest BCUT2D eigenvalue weighted by Crippen LogP contribution is -2.19. The molecule has 144 valence electrons. The normalized spacial score (nSPS) is 10.6. The third-order valence-electron chi connectivity index (χ3n) is 4.02. The van der Waals surface area contributed by atoms with E-state index in [1.807, 2.05) is 37.3 Å². The molecule has 1 heterocycles. The van der Waals surface area contributed by atoms with E-state index >= 15 is 0 Å². The fourth-order valence-corrected chi connectivity index (χ4v) is 3.64. The van der Waals surface area contributed by atoms with Crippen molar-refractivity contribution in [3.8, 4) is 11.3 Å². The van der Waals surface area contributed by atoms with Gasteiger partial charge in [-0.05, 0) is 24.1 Å². The number of carbonyl (C=O) groups excluding carboxylic acids is 1. The van der Waals surface area contributed by atoms with Crippen molar-refractivity contribution in [2.75, 3.05) is 0 Å². The number of nitro benzene ring substituents is 1. The van der Waals surface area contributed by atoms with Crippen LogP contribution in [0.5, 0.6) is 0 Å². The molecule has 0 saturated heterocycles. The predicted molar refractivity (Wildman–Crippen MR) is 107 cm³/mol. The molecule has 0 amide bonds. The molecule has 0 aliphatic heterocycles. The van der Waals surface area contributed by atoms with E-state index in [-0.39, 0.29) is 5.69 Å². The zero-order valence-corrected chi connectivity index (χ0v) is 16.3. The summed E-state index contributed by atoms with van der Waals surface area (Å²) in [5.74, 6) is 0.228. The van der Waals surface area contributed by atoms with Crippen LogP contribution in [0, 0.1) is 10.1 Å². The Morgan fingerprint density at radius 1 is 1.18 bits per heavy atom. The highest BCUT2D eigenvalue weighted by Gasteiger charge is 2.21. The Kier molecular flexibility index (Phi) is 6.10. The Labute approximate surface area is 166 Å². The van der Waals surface area contributed by atoms with Gasteiger partial charge in [0.2, 0.25) is 5.16 Å². The molecule has 0 aliphatic rings. The van der Waals surface area contributed by atoms with Crippen LogP contribution < -0.4 is 4.84 Å². The molecule has 1 aromatic heterocycles. The maximum absolute atomic E-state index is 11.6. The van der Waals surface area contributed by atoms with Crippen LogP contribution in [0.1, 0.15) is 25.1 Å². The van der Waals surface area contributed by atoms with Crippen LogP contribution in [0.2, 0.25) is 0 Å². The first-order chi connectivity index (χ1) is 13.5. The molecule has 0 bridgehead atoms. The maximum Gasteiger partial charge on any atom is 0.329 e. The summed E-state index contributed by atoms with van der Waals surface area (Å²) in [5, 5.41) is 11.5. The van der Waals surface area contributed by atoms with Crippen LogP contribution >= 0.6 is 11.8 Å². The first-order valence-electron chi connectivity index (χ1n) is 8.71. The zero-order chi connectivity index (χ0) is 20.1. The fourth-order valence-electron chi connectivity index (χ4n) is 2.74. The van der Waals surface area contributed by atoms with Crippen LogP contribution in [-0.4, -0.2) is 20.6 Å². The van der Waals surface area contributed by atoms with Gasteiger partial charge in [0, 0.05) is 30.4 Å². The Morgan fingerprint density at radius 2 is 1.86 bits per heavy atom. The lowest BCUT2D eigenvalue weighted by atomic mass is 10.1. The molecule has 8 heteroatoms. The second kappa shape index (κ2) is 8.71. The van der Waals surface area contributed by atoms with Gasteiger partial charge in [0.05, 0.1) is 16.3 Å². The molecular formula is C20H19N3O4S. The molecule has 0 saturated carbocycles. The lowest BCUT2D eigenvalue weighted by Gasteiger charge is -2.09. The molecule has 28 heavy (non-hydrogen) atoms. The molecule has 2 aromatic carbocycles. The largest absolute Gasteiger partial charge is 0.335 e. The summed E-state index contributed by atoms with van der Waals surface area (Å²) in [6, 6.07) is 16.1. The Bertz CT molecular complexity index is 985. The summed E-state index contributed by atoms with van der Waals surface area (Å²) < 4.78 is 1.46. The van der Waals surface area contributed by atoms with Gasteiger partial charge in [-0.3, -0.25) is 10.1 Å². The number of aromatic nitrogens is 2. The number of benzene rings is 2. The molecule has 0 atom stereocenters. The van der Waals surface area contributed by atoms with Gasteiger partial charge in [0.1, 0.15) is 0 Å². The smallest absolute Gasteiger partial charge is 0.329 e. The van der Waals surface area contributed by atoms with E-state index in [1.54, 1.807) is 12.1 Å². The van der Waals surface area contributed by atoms with Gasteiger partial charge >= 0.3 is 5.97 Å². The van der Waals surface area contributed by atoms with Crippen molar-refractivity contribution in [1.82, 2.24) is 9.71 Å². The first-order valence-corrected chi connectivity index (χ1v) is 9.70. The third kappa shape index (κ3) is 4.40. The van der Waals surface area contributed by atoms with Crippen LogP contribution in [-0.2, 0) is 17.0 Å². The van der Waals surface area contributed by atoms with Crippen LogP contribution in [0.3, 0.4) is 0 Å². The van der Waals surface area contributed by atoms with Crippen molar-refractivity contribution in [3.05, 3.63) is 76.0 Å². The average molecular weight is 397 g/mol. The quantitative estimate of drug-likeness (QED) is 0.336. The summed E-state index contributed by atoms with van der Waals surface area (Å²) in [4.78, 5) is 32.2. The highest BCUT2D eigenvalue weighted by Crippen LogP contribution is 2.31. The van der Waals surface area contributed by atoms with E-state index in [2.05, 4.69) is 4.98 Å². The summed E-state index contributed by atoms with van der Waals surface area (Å²) in [6.45, 7) is 3.29. The van der Waals surface area contributed by atoms with Crippen LogP contribution in [0.15, 0.2) is 59.8 Å². The molecule has 0 unspecified atom stereocenters. The summed E-state index contributed by atoms with van der Waals surface area (Å²) in [6.07, 6.45) is 0.582. The standard InChI is InChI=1S/C20H19N3O4S/c1-3-18-19(16-9-11-17(12-10-16)23(25)26)21-20(22(18)27-14(2)24)28-13-15-7-5-4-6-8-15/h4-12H,3,13H2,1-2H3. The van der Waals surface area contributed by atoms with E-state index in [0.29, 0.717) is 23.0 Å². The second-order valence-corrected chi connectivity index (χ2v) is 6.94. The van der Waals surface area contributed by atoms with E-state index < -0.39 is 10.9 Å². The number of nitro groups is 1. The first kappa shape index (κ1) is 19.6. The van der Waals surface area contributed by atoms with Crippen molar-refractivity contribution >= 4 is 23.4 Å². The summed E-state index contributed by atoms with van der Waals surface area (Å²) in [5.41, 5.74) is 3.25. The van der Waals surface area contributed by atoms with Crippen molar-refractivity contribution in [3.63, 3.8) is 0 Å². The molecule has 0 N–H and O–H groups in total. The second-order valence-electron chi connectivity index (χ2n) is 6.00. The topological polar surface area (TPSA) is 87.3 Å². The van der Waals surface area contributed by atoms with Gasteiger partial charge in [-0.2, -0.15) is 4.73 Å². The number of hydrogen-bond donors (Lipinski definition) is 0. The van der Waals surface area contributed by atoms with Gasteiger partial charge in [-0.1, -0.05) is 49.0 Å². The Hall–Kier alpha value is -3.13. The molecule has 0 spiro atoms. The highest BCUT2D eigenvalue weighted by atomic mass is 32.2. The fraction of sp³-hybridized carbons (Fsp3) is 0.200. The van der Waals surface area contributed by atoms with Crippen LogP contribution in [0.4, 0.5) is 5.69 Å². The van der Waals surface area contributed by atoms with Gasteiger partial charge in [0.15, 0.2) is 0 Å². The van der Waals surface area contributed by atoms with Gasteiger partial charge in [0.25, 0.3) is 5.69 Å². The Morgan fingerprint density at radius 3 is 2.43 bits per heavy atom. The minimum atomic E-state index is -0.441. The van der Waals surface area contributed by atoms with Gasteiger partial charge < -0.3 is 4.84 Å². The minimum Gasteiger partial charge on any atom is -0.335 e.